The maximum Gasteiger partial charge on any atom is 0.252 e. The highest BCUT2D eigenvalue weighted by atomic mass is 32.1. The Bertz CT molecular complexity index is 772. The number of hydrogen-bond donors (Lipinski definition) is 2. The van der Waals surface area contributed by atoms with Gasteiger partial charge in [-0.25, -0.2) is 0 Å². The topological polar surface area (TPSA) is 53.1 Å². The predicted molar refractivity (Wildman–Crippen MR) is 74.3 cm³/mol. The van der Waals surface area contributed by atoms with Crippen molar-refractivity contribution in [3.8, 4) is 16.9 Å². The number of aromatic hydroxyl groups is 1. The van der Waals surface area contributed by atoms with Gasteiger partial charge in [-0.3, -0.25) is 4.79 Å². The zero-order chi connectivity index (χ0) is 12.7. The van der Waals surface area contributed by atoms with Gasteiger partial charge >= 0.3 is 0 Å². The van der Waals surface area contributed by atoms with Gasteiger partial charge in [0.05, 0.1) is 5.39 Å². The van der Waals surface area contributed by atoms with Crippen molar-refractivity contribution in [1.29, 1.82) is 0 Å². The number of H-pyrrole nitrogens is 1. The highest BCUT2D eigenvalue weighted by Crippen LogP contribution is 2.40. The van der Waals surface area contributed by atoms with Crippen LogP contribution in [0.25, 0.3) is 21.3 Å². The van der Waals surface area contributed by atoms with Gasteiger partial charge in [-0.05, 0) is 12.5 Å². The van der Waals surface area contributed by atoms with Crippen LogP contribution in [0.3, 0.4) is 0 Å². The smallest absolute Gasteiger partial charge is 0.252 e. The molecule has 0 saturated heterocycles. The summed E-state index contributed by atoms with van der Waals surface area (Å²) in [6, 6.07) is 11.1. The second kappa shape index (κ2) is 3.99. The van der Waals surface area contributed by atoms with Crippen LogP contribution in [0.4, 0.5) is 0 Å². The molecule has 18 heavy (non-hydrogen) atoms. The average molecular weight is 257 g/mol. The Labute approximate surface area is 107 Å². The van der Waals surface area contributed by atoms with Gasteiger partial charge < -0.3 is 10.1 Å². The maximum atomic E-state index is 11.4. The zero-order valence-corrected chi connectivity index (χ0v) is 10.5. The van der Waals surface area contributed by atoms with Crippen LogP contribution < -0.4 is 5.56 Å². The van der Waals surface area contributed by atoms with Crippen LogP contribution in [0.2, 0.25) is 0 Å². The summed E-state index contributed by atoms with van der Waals surface area (Å²) >= 11 is 1.49. The summed E-state index contributed by atoms with van der Waals surface area (Å²) in [6.07, 6.45) is 0. The van der Waals surface area contributed by atoms with Gasteiger partial charge in [0.15, 0.2) is 0 Å². The lowest BCUT2D eigenvalue weighted by Crippen LogP contribution is -2.01. The molecule has 0 radical (unpaired) electrons. The highest BCUT2D eigenvalue weighted by molar-refractivity contribution is 7.19. The predicted octanol–water partition coefficient (Wildman–Crippen LogP) is 3.27. The van der Waals surface area contributed by atoms with Gasteiger partial charge in [0.2, 0.25) is 0 Å². The van der Waals surface area contributed by atoms with E-state index < -0.39 is 0 Å². The number of benzene rings is 1. The molecule has 2 N–H and O–H groups in total. The lowest BCUT2D eigenvalue weighted by atomic mass is 10.0. The fraction of sp³-hybridized carbons (Fsp3) is 0.0714. The van der Waals surface area contributed by atoms with Crippen molar-refractivity contribution in [2.45, 2.75) is 6.92 Å². The number of aromatic amines is 1. The zero-order valence-electron chi connectivity index (χ0n) is 9.73. The largest absolute Gasteiger partial charge is 0.507 e. The molecule has 3 aromatic rings. The summed E-state index contributed by atoms with van der Waals surface area (Å²) in [5.74, 6) is 0.0388. The summed E-state index contributed by atoms with van der Waals surface area (Å²) < 4.78 is 0. The number of pyridine rings is 1. The second-order valence-corrected chi connectivity index (χ2v) is 5.35. The van der Waals surface area contributed by atoms with Gasteiger partial charge in [-0.1, -0.05) is 30.3 Å². The van der Waals surface area contributed by atoms with Crippen molar-refractivity contribution >= 4 is 21.6 Å². The lowest BCUT2D eigenvalue weighted by Gasteiger charge is -2.02. The third-order valence-electron chi connectivity index (χ3n) is 2.91. The summed E-state index contributed by atoms with van der Waals surface area (Å²) in [4.78, 5) is 15.9. The number of rotatable bonds is 1. The highest BCUT2D eigenvalue weighted by Gasteiger charge is 2.15. The molecule has 3 nitrogen and oxygen atoms in total. The molecule has 2 aromatic heterocycles. The summed E-state index contributed by atoms with van der Waals surface area (Å²) in [7, 11) is 0. The van der Waals surface area contributed by atoms with Crippen LogP contribution in [0.5, 0.6) is 5.75 Å². The van der Waals surface area contributed by atoms with Crippen molar-refractivity contribution < 1.29 is 5.11 Å². The minimum atomic E-state index is -0.277. The van der Waals surface area contributed by atoms with Crippen LogP contribution in [0.1, 0.15) is 4.88 Å². The van der Waals surface area contributed by atoms with Crippen LogP contribution in [-0.2, 0) is 0 Å². The van der Waals surface area contributed by atoms with Gasteiger partial charge in [-0.2, -0.15) is 0 Å². The monoisotopic (exact) mass is 257 g/mol. The van der Waals surface area contributed by atoms with Gasteiger partial charge in [0.1, 0.15) is 10.6 Å². The molecule has 0 unspecified atom stereocenters. The van der Waals surface area contributed by atoms with Crippen molar-refractivity contribution in [1.82, 2.24) is 4.98 Å². The number of hydrogen-bond acceptors (Lipinski definition) is 3. The first-order valence-corrected chi connectivity index (χ1v) is 6.39. The quantitative estimate of drug-likeness (QED) is 0.703. The van der Waals surface area contributed by atoms with E-state index in [1.165, 1.54) is 17.4 Å². The fourth-order valence-electron chi connectivity index (χ4n) is 2.17. The number of nitrogens with one attached hydrogen (secondary N) is 1. The third kappa shape index (κ3) is 1.62. The van der Waals surface area contributed by atoms with E-state index in [-0.39, 0.29) is 11.3 Å². The Morgan fingerprint density at radius 3 is 2.67 bits per heavy atom. The number of fused-ring (bicyclic) bond motifs is 1. The van der Waals surface area contributed by atoms with Crippen molar-refractivity contribution in [2.75, 3.05) is 0 Å². The molecule has 0 atom stereocenters. The molecule has 0 bridgehead atoms. The second-order valence-electron chi connectivity index (χ2n) is 4.12. The van der Waals surface area contributed by atoms with E-state index in [9.17, 15) is 9.90 Å². The molecule has 0 amide bonds. The van der Waals surface area contributed by atoms with E-state index in [2.05, 4.69) is 4.98 Å². The fourth-order valence-corrected chi connectivity index (χ4v) is 3.26. The normalized spacial score (nSPS) is 10.9. The molecule has 90 valence electrons. The van der Waals surface area contributed by atoms with Crippen molar-refractivity contribution in [2.24, 2.45) is 0 Å². The molecular formula is C14H11NO2S. The summed E-state index contributed by atoms with van der Waals surface area (Å²) in [5.41, 5.74) is 1.76. The Hall–Kier alpha value is -2.07. The van der Waals surface area contributed by atoms with Crippen LogP contribution >= 0.6 is 11.3 Å². The molecular weight excluding hydrogens is 246 g/mol. The van der Waals surface area contributed by atoms with Crippen molar-refractivity contribution in [3.05, 3.63) is 51.6 Å². The molecule has 4 heteroatoms. The van der Waals surface area contributed by atoms with E-state index in [0.717, 1.165) is 26.2 Å². The van der Waals surface area contributed by atoms with E-state index in [0.29, 0.717) is 0 Å². The molecule has 0 saturated carbocycles. The molecule has 1 aromatic carbocycles. The molecule has 3 rings (SSSR count). The first-order valence-electron chi connectivity index (χ1n) is 5.57. The van der Waals surface area contributed by atoms with Crippen LogP contribution in [-0.4, -0.2) is 10.1 Å². The minimum absolute atomic E-state index is 0.0388. The van der Waals surface area contributed by atoms with E-state index in [4.69, 9.17) is 0 Å². The van der Waals surface area contributed by atoms with Gasteiger partial charge in [0, 0.05) is 16.5 Å². The molecule has 0 fully saturated rings. The molecule has 0 spiro atoms. The van der Waals surface area contributed by atoms with E-state index >= 15 is 0 Å². The molecule has 0 aliphatic rings. The first-order chi connectivity index (χ1) is 8.66. The number of aryl methyl sites for hydroxylation is 1. The number of aromatic nitrogens is 1. The Balaban J connectivity index is 2.43. The lowest BCUT2D eigenvalue weighted by molar-refractivity contribution is 0.481. The molecule has 0 aliphatic heterocycles. The van der Waals surface area contributed by atoms with E-state index in [1.54, 1.807) is 0 Å². The van der Waals surface area contributed by atoms with Gasteiger partial charge in [0.25, 0.3) is 5.56 Å². The average Bonchev–Trinajstić information content (AvgIpc) is 2.66. The first kappa shape index (κ1) is 11.0. The standard InChI is InChI=1S/C14H11NO2S/c1-8-12(9-5-3-2-4-6-9)13-10(16)7-11(17)15-14(13)18-8/h2-7H,1H3,(H2,15,16,17). The number of thiophene rings is 1. The Morgan fingerprint density at radius 2 is 1.94 bits per heavy atom. The van der Waals surface area contributed by atoms with E-state index in [1.807, 2.05) is 37.3 Å². The summed E-state index contributed by atoms with van der Waals surface area (Å²) in [5, 5.41) is 10.7. The maximum absolute atomic E-state index is 11.4. The third-order valence-corrected chi connectivity index (χ3v) is 3.93. The molecule has 0 aliphatic carbocycles. The van der Waals surface area contributed by atoms with Gasteiger partial charge in [-0.15, -0.1) is 11.3 Å². The van der Waals surface area contributed by atoms with Crippen LogP contribution in [0.15, 0.2) is 41.2 Å². The Kier molecular flexibility index (Phi) is 2.45. The van der Waals surface area contributed by atoms with Crippen LogP contribution in [0, 0.1) is 6.92 Å². The Morgan fingerprint density at radius 1 is 1.22 bits per heavy atom. The molecule has 2 heterocycles. The van der Waals surface area contributed by atoms with Crippen molar-refractivity contribution in [3.63, 3.8) is 0 Å². The SMILES string of the molecule is Cc1sc2[nH]c(=O)cc(O)c2c1-c1ccccc1. The minimum Gasteiger partial charge on any atom is -0.507 e. The summed E-state index contributed by atoms with van der Waals surface area (Å²) in [6.45, 7) is 1.99.